The van der Waals surface area contributed by atoms with E-state index in [1.54, 1.807) is 28.8 Å². The second kappa shape index (κ2) is 9.52. The van der Waals surface area contributed by atoms with Crippen molar-refractivity contribution in [1.29, 1.82) is 0 Å². The summed E-state index contributed by atoms with van der Waals surface area (Å²) < 4.78 is 7.31. The lowest BCUT2D eigenvalue weighted by atomic mass is 9.52. The molecule has 1 heterocycles. The molecule has 9 nitrogen and oxygen atoms in total. The Morgan fingerprint density at radius 3 is 2.49 bits per heavy atom. The number of amides is 3. The van der Waals surface area contributed by atoms with Crippen LogP contribution in [0.2, 0.25) is 0 Å². The van der Waals surface area contributed by atoms with Gasteiger partial charge in [-0.1, -0.05) is 13.8 Å². The van der Waals surface area contributed by atoms with Gasteiger partial charge in [0.05, 0.1) is 17.3 Å². The normalized spacial score (nSPS) is 29.5. The van der Waals surface area contributed by atoms with Crippen molar-refractivity contribution in [2.45, 2.75) is 94.2 Å². The van der Waals surface area contributed by atoms with Crippen LogP contribution < -0.4 is 16.4 Å². The number of thioether (sulfide) groups is 1. The molecule has 4 fully saturated rings. The van der Waals surface area contributed by atoms with Gasteiger partial charge in [-0.2, -0.15) is 5.10 Å². The first-order chi connectivity index (χ1) is 16.4. The third kappa shape index (κ3) is 5.68. The number of carbonyl (C=O) groups excluding carboxylic acids is 3. The zero-order valence-electron chi connectivity index (χ0n) is 21.2. The molecule has 3 amide bonds. The molecule has 5 rings (SSSR count). The number of hydrogen-bond acceptors (Lipinski definition) is 6. The summed E-state index contributed by atoms with van der Waals surface area (Å²) in [4.78, 5) is 36.5. The van der Waals surface area contributed by atoms with Crippen LogP contribution in [-0.4, -0.2) is 50.1 Å². The largest absolute Gasteiger partial charge is 0.443 e. The summed E-state index contributed by atoms with van der Waals surface area (Å²) in [7, 11) is 0. The van der Waals surface area contributed by atoms with Crippen molar-refractivity contribution in [2.24, 2.45) is 23.5 Å². The van der Waals surface area contributed by atoms with Gasteiger partial charge in [0.1, 0.15) is 10.6 Å². The fraction of sp³-hybridized carbons (Fsp3) is 0.680. The summed E-state index contributed by atoms with van der Waals surface area (Å²) in [5.74, 6) is 0.831. The molecule has 2 atom stereocenters. The second-order valence-electron chi connectivity index (χ2n) is 11.3. The number of nitrogens with two attached hydrogens (primary N) is 1. The molecule has 0 radical (unpaired) electrons. The smallest absolute Gasteiger partial charge is 0.405 e. The highest BCUT2D eigenvalue weighted by Crippen LogP contribution is 2.57. The second-order valence-corrected chi connectivity index (χ2v) is 12.8. The van der Waals surface area contributed by atoms with E-state index in [1.807, 2.05) is 19.9 Å². The van der Waals surface area contributed by atoms with E-state index in [2.05, 4.69) is 29.6 Å². The molecule has 4 aliphatic rings. The van der Waals surface area contributed by atoms with E-state index >= 15 is 0 Å². The number of ether oxygens (including phenoxy) is 1. The van der Waals surface area contributed by atoms with Crippen molar-refractivity contribution in [3.8, 4) is 0 Å². The van der Waals surface area contributed by atoms with E-state index in [0.717, 1.165) is 37.1 Å². The Balaban J connectivity index is 1.52. The van der Waals surface area contributed by atoms with E-state index in [9.17, 15) is 14.4 Å². The van der Waals surface area contributed by atoms with Gasteiger partial charge in [-0.3, -0.25) is 9.59 Å². The molecule has 2 unspecified atom stereocenters. The number of rotatable bonds is 8. The molecule has 35 heavy (non-hydrogen) atoms. The van der Waals surface area contributed by atoms with Crippen molar-refractivity contribution < 1.29 is 19.1 Å². The first kappa shape index (κ1) is 25.6. The van der Waals surface area contributed by atoms with Crippen molar-refractivity contribution >= 4 is 35.9 Å². The summed E-state index contributed by atoms with van der Waals surface area (Å²) in [5.41, 5.74) is 4.90. The SMILES string of the molecule is CC(=O)NC(C)(C)/C=C/n1ncc(C(=O)NC2C3CC4CC2CC(OC(N)=O)(C4)C3)c1SC(C)C. The van der Waals surface area contributed by atoms with Crippen LogP contribution >= 0.6 is 11.8 Å². The summed E-state index contributed by atoms with van der Waals surface area (Å²) in [6.45, 7) is 9.43. The van der Waals surface area contributed by atoms with Gasteiger partial charge >= 0.3 is 6.09 Å². The minimum absolute atomic E-state index is 0.0538. The summed E-state index contributed by atoms with van der Waals surface area (Å²) in [5, 5.41) is 11.7. The monoisotopic (exact) mass is 503 g/mol. The maximum atomic E-state index is 13.5. The molecule has 0 aliphatic heterocycles. The molecular weight excluding hydrogens is 466 g/mol. The van der Waals surface area contributed by atoms with Gasteiger partial charge in [0.2, 0.25) is 5.91 Å². The highest BCUT2D eigenvalue weighted by atomic mass is 32.2. The van der Waals surface area contributed by atoms with E-state index < -0.39 is 17.2 Å². The van der Waals surface area contributed by atoms with Gasteiger partial charge < -0.3 is 21.1 Å². The van der Waals surface area contributed by atoms with E-state index in [1.165, 1.54) is 6.92 Å². The molecule has 4 bridgehead atoms. The quantitative estimate of drug-likeness (QED) is 0.466. The predicted octanol–water partition coefficient (Wildman–Crippen LogP) is 3.54. The van der Waals surface area contributed by atoms with Crippen LogP contribution in [0.1, 0.15) is 77.1 Å². The van der Waals surface area contributed by atoms with Crippen LogP contribution in [0.25, 0.3) is 6.20 Å². The minimum atomic E-state index is -0.704. The van der Waals surface area contributed by atoms with Gasteiger partial charge in [0, 0.05) is 24.4 Å². The van der Waals surface area contributed by atoms with Crippen LogP contribution in [0, 0.1) is 17.8 Å². The molecule has 4 saturated carbocycles. The molecule has 10 heteroatoms. The number of hydrogen-bond donors (Lipinski definition) is 3. The molecular formula is C25H37N5O4S. The van der Waals surface area contributed by atoms with E-state index in [4.69, 9.17) is 10.5 Å². The van der Waals surface area contributed by atoms with Gasteiger partial charge in [-0.25, -0.2) is 9.48 Å². The molecule has 192 valence electrons. The Labute approximate surface area is 211 Å². The lowest BCUT2D eigenvalue weighted by molar-refractivity contribution is -0.137. The highest BCUT2D eigenvalue weighted by Gasteiger charge is 2.57. The van der Waals surface area contributed by atoms with E-state index in [0.29, 0.717) is 11.5 Å². The Hall–Kier alpha value is -2.49. The van der Waals surface area contributed by atoms with Crippen LogP contribution in [0.5, 0.6) is 0 Å². The molecule has 4 N–H and O–H groups in total. The average Bonchev–Trinajstić information content (AvgIpc) is 3.08. The number of nitrogens with zero attached hydrogens (tertiary/aromatic N) is 2. The topological polar surface area (TPSA) is 128 Å². The minimum Gasteiger partial charge on any atom is -0.443 e. The fourth-order valence-corrected chi connectivity index (χ4v) is 7.39. The lowest BCUT2D eigenvalue weighted by Gasteiger charge is -2.58. The molecule has 1 aromatic rings. The van der Waals surface area contributed by atoms with Gasteiger partial charge in [0.15, 0.2) is 0 Å². The van der Waals surface area contributed by atoms with Crippen LogP contribution in [0.15, 0.2) is 17.3 Å². The molecule has 0 saturated heterocycles. The van der Waals surface area contributed by atoms with Gasteiger partial charge in [-0.05, 0) is 69.8 Å². The molecule has 1 aromatic heterocycles. The number of carbonyl (C=O) groups is 3. The van der Waals surface area contributed by atoms with Crippen LogP contribution in [-0.2, 0) is 9.53 Å². The van der Waals surface area contributed by atoms with Crippen LogP contribution in [0.4, 0.5) is 4.79 Å². The standard InChI is InChI=1S/C25H37N5O4S/c1-14(2)35-22-19(13-27-30(22)7-6-24(4,5)29-15(3)31)21(32)28-20-17-8-16-9-18(20)12-25(10-16,11-17)34-23(26)33/h6-7,13-14,16-18,20H,8-12H2,1-5H3,(H2,26,33)(H,28,32)(H,29,31)/b7-6+. The molecule has 0 aromatic carbocycles. The third-order valence-electron chi connectivity index (χ3n) is 7.30. The van der Waals surface area contributed by atoms with Crippen molar-refractivity contribution in [2.75, 3.05) is 0 Å². The zero-order chi connectivity index (χ0) is 25.5. The van der Waals surface area contributed by atoms with Crippen molar-refractivity contribution in [1.82, 2.24) is 20.4 Å². The van der Waals surface area contributed by atoms with Gasteiger partial charge in [-0.15, -0.1) is 11.8 Å². The maximum Gasteiger partial charge on any atom is 0.405 e. The summed E-state index contributed by atoms with van der Waals surface area (Å²) in [6.07, 6.45) is 9.04. The summed E-state index contributed by atoms with van der Waals surface area (Å²) >= 11 is 1.58. The zero-order valence-corrected chi connectivity index (χ0v) is 22.0. The van der Waals surface area contributed by atoms with Crippen LogP contribution in [0.3, 0.4) is 0 Å². The highest BCUT2D eigenvalue weighted by molar-refractivity contribution is 7.99. The Kier molecular flexibility index (Phi) is 6.96. The first-order valence-corrected chi connectivity index (χ1v) is 13.3. The predicted molar refractivity (Wildman–Crippen MR) is 135 cm³/mol. The number of nitrogens with one attached hydrogen (secondary N) is 2. The third-order valence-corrected chi connectivity index (χ3v) is 8.41. The summed E-state index contributed by atoms with van der Waals surface area (Å²) in [6, 6.07) is 0.0538. The Bertz CT molecular complexity index is 1020. The number of aromatic nitrogens is 2. The average molecular weight is 504 g/mol. The fourth-order valence-electron chi connectivity index (χ4n) is 6.46. The Morgan fingerprint density at radius 2 is 1.91 bits per heavy atom. The lowest BCUT2D eigenvalue weighted by Crippen LogP contribution is -2.63. The van der Waals surface area contributed by atoms with E-state index in [-0.39, 0.29) is 34.9 Å². The maximum absolute atomic E-state index is 13.5. The molecule has 0 spiro atoms. The molecule has 4 aliphatic carbocycles. The number of primary amides is 1. The Morgan fingerprint density at radius 1 is 1.26 bits per heavy atom. The van der Waals surface area contributed by atoms with Crippen molar-refractivity contribution in [3.63, 3.8) is 0 Å². The van der Waals surface area contributed by atoms with Crippen molar-refractivity contribution in [3.05, 3.63) is 17.8 Å². The first-order valence-electron chi connectivity index (χ1n) is 12.4. The van der Waals surface area contributed by atoms with Gasteiger partial charge in [0.25, 0.3) is 5.91 Å².